The summed E-state index contributed by atoms with van der Waals surface area (Å²) in [6.07, 6.45) is -0.806. The van der Waals surface area contributed by atoms with Gasteiger partial charge in [0.15, 0.2) is 0 Å². The molecule has 0 rings (SSSR count). The molecule has 0 radical (unpaired) electrons. The first-order valence-corrected chi connectivity index (χ1v) is 2.27. The van der Waals surface area contributed by atoms with E-state index < -0.39 is 13.3 Å². The second-order valence-corrected chi connectivity index (χ2v) is 1.87. The van der Waals surface area contributed by atoms with Crippen molar-refractivity contribution in [2.24, 2.45) is 0 Å². The average Bonchev–Trinajstić information content (AvgIpc) is 1.21. The first-order valence-electron chi connectivity index (χ1n) is 2.27. The summed E-state index contributed by atoms with van der Waals surface area (Å²) in [5.41, 5.74) is 0.178. The number of allylic oxidation sites excluding steroid dienone is 1. The molecule has 0 saturated heterocycles. The van der Waals surface area contributed by atoms with Crippen molar-refractivity contribution < 1.29 is 64.3 Å². The molecule has 0 amide bonds. The van der Waals surface area contributed by atoms with Crippen LogP contribution in [0.3, 0.4) is 0 Å². The molecule has 0 aromatic carbocycles. The van der Waals surface area contributed by atoms with Crippen molar-refractivity contribution in [3.05, 3.63) is 12.2 Å². The van der Waals surface area contributed by atoms with Crippen LogP contribution in [0.15, 0.2) is 12.2 Å². The molecular weight excluding hydrogens is 155 g/mol. The Morgan fingerprint density at radius 2 is 1.78 bits per heavy atom. The zero-order chi connectivity index (χ0) is 6.78. The quantitative estimate of drug-likeness (QED) is 0.376. The van der Waals surface area contributed by atoms with Crippen LogP contribution in [0.25, 0.3) is 0 Å². The minimum absolute atomic E-state index is 0. The third-order valence-corrected chi connectivity index (χ3v) is 0.580. The number of halogens is 3. The normalized spacial score (nSPS) is 10.2. The standard InChI is InChI=1S/C4H7BF3.K/c1-4(2)3-5(6,7)8;/h1,3H2,2H3;/q-1;+1. The van der Waals surface area contributed by atoms with Crippen LogP contribution in [0.2, 0.25) is 6.32 Å². The minimum atomic E-state index is -4.64. The maximum atomic E-state index is 11.3. The van der Waals surface area contributed by atoms with Gasteiger partial charge in [-0.1, -0.05) is 6.32 Å². The molecule has 0 aromatic heterocycles. The molecule has 0 spiro atoms. The van der Waals surface area contributed by atoms with E-state index in [0.717, 1.165) is 0 Å². The smallest absolute Gasteiger partial charge is 0.449 e. The third-order valence-electron chi connectivity index (χ3n) is 0.580. The van der Waals surface area contributed by atoms with Gasteiger partial charge in [-0.15, -0.1) is 12.2 Å². The van der Waals surface area contributed by atoms with Gasteiger partial charge in [-0.2, -0.15) is 0 Å². The monoisotopic (exact) mass is 162 g/mol. The molecule has 0 aliphatic heterocycles. The van der Waals surface area contributed by atoms with Crippen LogP contribution in [-0.4, -0.2) is 6.98 Å². The van der Waals surface area contributed by atoms with Crippen LogP contribution in [0.4, 0.5) is 12.9 Å². The number of hydrogen-bond donors (Lipinski definition) is 0. The van der Waals surface area contributed by atoms with E-state index in [-0.39, 0.29) is 57.0 Å². The van der Waals surface area contributed by atoms with Gasteiger partial charge in [0.05, 0.1) is 0 Å². The van der Waals surface area contributed by atoms with Crippen molar-refractivity contribution in [2.75, 3.05) is 0 Å². The predicted molar refractivity (Wildman–Crippen MR) is 28.7 cm³/mol. The molecule has 0 N–H and O–H groups in total. The van der Waals surface area contributed by atoms with Crippen LogP contribution in [0.5, 0.6) is 0 Å². The van der Waals surface area contributed by atoms with E-state index in [1.54, 1.807) is 0 Å². The number of rotatable bonds is 2. The zero-order valence-electron chi connectivity index (χ0n) is 5.63. The van der Waals surface area contributed by atoms with Gasteiger partial charge in [0.2, 0.25) is 0 Å². The van der Waals surface area contributed by atoms with Crippen LogP contribution in [-0.2, 0) is 0 Å². The molecule has 0 fully saturated rings. The molecule has 0 nitrogen and oxygen atoms in total. The van der Waals surface area contributed by atoms with Gasteiger partial charge in [0.1, 0.15) is 0 Å². The Morgan fingerprint density at radius 3 is 1.78 bits per heavy atom. The van der Waals surface area contributed by atoms with Crippen LogP contribution in [0.1, 0.15) is 6.92 Å². The Bertz CT molecular complexity index is 98.5. The third kappa shape index (κ3) is 12.4. The SMILES string of the molecule is C=C(C)C[B-](F)(F)F.[K+]. The van der Waals surface area contributed by atoms with Gasteiger partial charge in [-0.25, -0.2) is 0 Å². The fraction of sp³-hybridized carbons (Fsp3) is 0.500. The molecule has 9 heavy (non-hydrogen) atoms. The molecule has 0 atom stereocenters. The molecule has 0 aliphatic carbocycles. The van der Waals surface area contributed by atoms with Gasteiger partial charge in [0, 0.05) is 0 Å². The first-order chi connectivity index (χ1) is 3.42. The van der Waals surface area contributed by atoms with E-state index in [4.69, 9.17) is 0 Å². The Labute approximate surface area is 95.4 Å². The fourth-order valence-corrected chi connectivity index (χ4v) is 0.395. The Balaban J connectivity index is 0. The number of hydrogen-bond acceptors (Lipinski definition) is 0. The van der Waals surface area contributed by atoms with Crippen molar-refractivity contribution in [3.63, 3.8) is 0 Å². The minimum Gasteiger partial charge on any atom is -0.449 e. The second kappa shape index (κ2) is 4.96. The molecule has 0 heterocycles. The maximum absolute atomic E-state index is 11.3. The Kier molecular flexibility index (Phi) is 7.09. The van der Waals surface area contributed by atoms with E-state index in [9.17, 15) is 12.9 Å². The van der Waals surface area contributed by atoms with Crippen molar-refractivity contribution in [2.45, 2.75) is 13.2 Å². The van der Waals surface area contributed by atoms with Crippen molar-refractivity contribution >= 4 is 6.98 Å². The summed E-state index contributed by atoms with van der Waals surface area (Å²) in [5, 5.41) is 0. The van der Waals surface area contributed by atoms with Crippen molar-refractivity contribution in [3.8, 4) is 0 Å². The molecule has 5 heteroatoms. The maximum Gasteiger partial charge on any atom is 1.00 e. The summed E-state index contributed by atoms with van der Waals surface area (Å²) in [6, 6.07) is 0. The summed E-state index contributed by atoms with van der Waals surface area (Å²) in [6.45, 7) is -0.130. The van der Waals surface area contributed by atoms with Crippen LogP contribution >= 0.6 is 0 Å². The van der Waals surface area contributed by atoms with E-state index in [1.807, 2.05) is 0 Å². The molecular formula is C4H7BF3K. The Morgan fingerprint density at radius 1 is 1.44 bits per heavy atom. The predicted octanol–water partition coefficient (Wildman–Crippen LogP) is -0.586. The van der Waals surface area contributed by atoms with E-state index >= 15 is 0 Å². The summed E-state index contributed by atoms with van der Waals surface area (Å²) < 4.78 is 33.9. The topological polar surface area (TPSA) is 0 Å². The Hall–Kier alpha value is 1.23. The summed E-state index contributed by atoms with van der Waals surface area (Å²) in [7, 11) is 0. The first kappa shape index (κ1) is 12.9. The van der Waals surface area contributed by atoms with E-state index in [1.165, 1.54) is 6.92 Å². The van der Waals surface area contributed by atoms with Crippen LogP contribution < -0.4 is 51.4 Å². The summed E-state index contributed by atoms with van der Waals surface area (Å²) in [5.74, 6) is 0. The second-order valence-electron chi connectivity index (χ2n) is 1.87. The summed E-state index contributed by atoms with van der Waals surface area (Å²) >= 11 is 0. The van der Waals surface area contributed by atoms with Gasteiger partial charge < -0.3 is 12.9 Å². The summed E-state index contributed by atoms with van der Waals surface area (Å²) in [4.78, 5) is 0. The van der Waals surface area contributed by atoms with Crippen molar-refractivity contribution in [1.82, 2.24) is 0 Å². The molecule has 0 unspecified atom stereocenters. The van der Waals surface area contributed by atoms with E-state index in [2.05, 4.69) is 6.58 Å². The van der Waals surface area contributed by atoms with Gasteiger partial charge in [-0.05, 0) is 6.92 Å². The van der Waals surface area contributed by atoms with Crippen molar-refractivity contribution in [1.29, 1.82) is 0 Å². The largest absolute Gasteiger partial charge is 1.00 e. The van der Waals surface area contributed by atoms with Gasteiger partial charge in [0.25, 0.3) is 0 Å². The zero-order valence-corrected chi connectivity index (χ0v) is 8.75. The van der Waals surface area contributed by atoms with Crippen LogP contribution in [0, 0.1) is 0 Å². The molecule has 48 valence electrons. The molecule has 0 saturated carbocycles. The van der Waals surface area contributed by atoms with E-state index in [0.29, 0.717) is 0 Å². The molecule has 0 aromatic rings. The molecule has 0 aliphatic rings. The average molecular weight is 162 g/mol. The van der Waals surface area contributed by atoms with Gasteiger partial charge >= 0.3 is 58.4 Å². The molecule has 0 bridgehead atoms. The van der Waals surface area contributed by atoms with Gasteiger partial charge in [-0.3, -0.25) is 0 Å². The fourth-order valence-electron chi connectivity index (χ4n) is 0.395.